The Balaban J connectivity index is 2.09. The minimum atomic E-state index is 0.865. The quantitative estimate of drug-likeness (QED) is 0.779. The molecule has 0 amide bonds. The smallest absolute Gasteiger partial charge is 0.123 e. The molecule has 0 bridgehead atoms. The van der Waals surface area contributed by atoms with Crippen LogP contribution in [-0.4, -0.2) is 21.1 Å². The minimum Gasteiger partial charge on any atom is -0.326 e. The molecule has 0 radical (unpaired) electrons. The monoisotopic (exact) mass is 214 g/mol. The van der Waals surface area contributed by atoms with Gasteiger partial charge in [0.15, 0.2) is 0 Å². The summed E-state index contributed by atoms with van der Waals surface area (Å²) < 4.78 is 2.28. The van der Waals surface area contributed by atoms with E-state index >= 15 is 0 Å². The lowest BCUT2D eigenvalue weighted by molar-refractivity contribution is 0.508. The first kappa shape index (κ1) is 9.54. The van der Waals surface area contributed by atoms with Crippen molar-refractivity contribution in [1.82, 2.24) is 19.9 Å². The minimum absolute atomic E-state index is 0.865. The Bertz CT molecular complexity index is 515. The van der Waals surface area contributed by atoms with Crippen LogP contribution in [-0.2, 0) is 13.1 Å². The fourth-order valence-corrected chi connectivity index (χ4v) is 2.13. The lowest BCUT2D eigenvalue weighted by Gasteiger charge is -2.17. The first-order chi connectivity index (χ1) is 7.84. The summed E-state index contributed by atoms with van der Waals surface area (Å²) in [6, 6.07) is 4.14. The lowest BCUT2D eigenvalue weighted by atomic mass is 10.2. The van der Waals surface area contributed by atoms with Crippen LogP contribution in [0.2, 0.25) is 0 Å². The van der Waals surface area contributed by atoms with Crippen molar-refractivity contribution >= 4 is 0 Å². The molecule has 82 valence electrons. The fraction of sp³-hybridized carbons (Fsp3) is 0.333. The molecule has 1 aliphatic heterocycles. The van der Waals surface area contributed by atoms with Gasteiger partial charge in [-0.1, -0.05) is 0 Å². The number of imidazole rings is 1. The van der Waals surface area contributed by atoms with E-state index in [9.17, 15) is 0 Å². The molecule has 0 aromatic carbocycles. The predicted octanol–water partition coefficient (Wildman–Crippen LogP) is 1.36. The van der Waals surface area contributed by atoms with E-state index in [0.717, 1.165) is 31.2 Å². The van der Waals surface area contributed by atoms with Crippen molar-refractivity contribution in [2.45, 2.75) is 20.0 Å². The van der Waals surface area contributed by atoms with Crippen LogP contribution >= 0.6 is 0 Å². The first-order valence-electron chi connectivity index (χ1n) is 5.53. The number of aromatic nitrogens is 3. The molecule has 2 aromatic heterocycles. The largest absolute Gasteiger partial charge is 0.326 e. The summed E-state index contributed by atoms with van der Waals surface area (Å²) >= 11 is 0. The molecule has 4 heteroatoms. The molecule has 0 saturated carbocycles. The third-order valence-electron chi connectivity index (χ3n) is 2.93. The highest BCUT2D eigenvalue weighted by atomic mass is 15.2. The molecule has 0 atom stereocenters. The Kier molecular flexibility index (Phi) is 2.22. The van der Waals surface area contributed by atoms with E-state index in [2.05, 4.69) is 25.9 Å². The van der Waals surface area contributed by atoms with Crippen LogP contribution in [0, 0.1) is 6.92 Å². The number of hydrogen-bond donors (Lipinski definition) is 1. The Morgan fingerprint density at radius 2 is 2.31 bits per heavy atom. The zero-order chi connectivity index (χ0) is 11.0. The highest BCUT2D eigenvalue weighted by molar-refractivity contribution is 5.59. The molecule has 2 aromatic rings. The summed E-state index contributed by atoms with van der Waals surface area (Å²) in [5.41, 5.74) is 3.44. The van der Waals surface area contributed by atoms with Crippen molar-refractivity contribution in [2.75, 3.05) is 6.54 Å². The van der Waals surface area contributed by atoms with Crippen molar-refractivity contribution < 1.29 is 0 Å². The first-order valence-corrected chi connectivity index (χ1v) is 5.53. The summed E-state index contributed by atoms with van der Waals surface area (Å²) in [5.74, 6) is 1.12. The molecule has 3 heterocycles. The van der Waals surface area contributed by atoms with Crippen molar-refractivity contribution in [1.29, 1.82) is 0 Å². The van der Waals surface area contributed by atoms with E-state index < -0.39 is 0 Å². The van der Waals surface area contributed by atoms with Crippen molar-refractivity contribution in [3.05, 3.63) is 36.0 Å². The van der Waals surface area contributed by atoms with Gasteiger partial charge in [-0.05, 0) is 19.1 Å². The van der Waals surface area contributed by atoms with Gasteiger partial charge in [-0.2, -0.15) is 0 Å². The highest BCUT2D eigenvalue weighted by Gasteiger charge is 2.14. The summed E-state index contributed by atoms with van der Waals surface area (Å²) in [6.45, 7) is 4.88. The van der Waals surface area contributed by atoms with E-state index in [-0.39, 0.29) is 0 Å². The molecule has 1 N–H and O–H groups in total. The number of pyridine rings is 1. The van der Waals surface area contributed by atoms with Crippen LogP contribution in [0.1, 0.15) is 11.5 Å². The van der Waals surface area contributed by atoms with Crippen LogP contribution in [0.25, 0.3) is 11.3 Å². The normalized spacial score (nSPS) is 14.8. The Morgan fingerprint density at radius 3 is 3.19 bits per heavy atom. The number of rotatable bonds is 1. The summed E-state index contributed by atoms with van der Waals surface area (Å²) in [7, 11) is 0. The highest BCUT2D eigenvalue weighted by Crippen LogP contribution is 2.22. The van der Waals surface area contributed by atoms with E-state index in [4.69, 9.17) is 0 Å². The molecule has 16 heavy (non-hydrogen) atoms. The van der Waals surface area contributed by atoms with E-state index in [1.807, 2.05) is 25.4 Å². The maximum absolute atomic E-state index is 4.44. The number of fused-ring (bicyclic) bond motifs is 1. The zero-order valence-corrected chi connectivity index (χ0v) is 9.27. The van der Waals surface area contributed by atoms with Crippen LogP contribution < -0.4 is 5.32 Å². The van der Waals surface area contributed by atoms with Gasteiger partial charge in [0.2, 0.25) is 0 Å². The molecule has 1 aliphatic rings. The predicted molar refractivity (Wildman–Crippen MR) is 61.9 cm³/mol. The zero-order valence-electron chi connectivity index (χ0n) is 9.27. The molecule has 4 nitrogen and oxygen atoms in total. The van der Waals surface area contributed by atoms with Gasteiger partial charge in [0, 0.05) is 30.5 Å². The van der Waals surface area contributed by atoms with Gasteiger partial charge in [-0.3, -0.25) is 4.98 Å². The van der Waals surface area contributed by atoms with Gasteiger partial charge >= 0.3 is 0 Å². The second-order valence-electron chi connectivity index (χ2n) is 4.07. The van der Waals surface area contributed by atoms with E-state index in [0.29, 0.717) is 0 Å². The average molecular weight is 214 g/mol. The number of aryl methyl sites for hydroxylation is 1. The molecular weight excluding hydrogens is 200 g/mol. The lowest BCUT2D eigenvalue weighted by Crippen LogP contribution is -2.28. The fourth-order valence-electron chi connectivity index (χ4n) is 2.13. The van der Waals surface area contributed by atoms with Gasteiger partial charge < -0.3 is 9.88 Å². The molecule has 0 fully saturated rings. The van der Waals surface area contributed by atoms with Gasteiger partial charge in [0.25, 0.3) is 0 Å². The van der Waals surface area contributed by atoms with E-state index in [1.165, 1.54) is 11.3 Å². The van der Waals surface area contributed by atoms with Crippen LogP contribution in [0.15, 0.2) is 24.5 Å². The van der Waals surface area contributed by atoms with Gasteiger partial charge in [-0.15, -0.1) is 0 Å². The third-order valence-corrected chi connectivity index (χ3v) is 2.93. The van der Waals surface area contributed by atoms with Gasteiger partial charge in [0.05, 0.1) is 18.4 Å². The van der Waals surface area contributed by atoms with Crippen molar-refractivity contribution in [3.63, 3.8) is 0 Å². The molecule has 0 saturated heterocycles. The third kappa shape index (κ3) is 1.51. The standard InChI is InChI=1S/C12H14N4/c1-9-6-10(2-3-14-9)11-7-15-12-8-13-4-5-16(11)12/h2-3,6-7,13H,4-5,8H2,1H3. The molecular formula is C12H14N4. The second-order valence-corrected chi connectivity index (χ2v) is 4.07. The van der Waals surface area contributed by atoms with E-state index in [1.54, 1.807) is 0 Å². The van der Waals surface area contributed by atoms with Crippen LogP contribution in [0.3, 0.4) is 0 Å². The summed E-state index contributed by atoms with van der Waals surface area (Å²) in [5, 5.41) is 3.32. The van der Waals surface area contributed by atoms with Crippen molar-refractivity contribution in [3.8, 4) is 11.3 Å². The maximum atomic E-state index is 4.44. The molecule has 3 rings (SSSR count). The second kappa shape index (κ2) is 3.72. The number of nitrogens with one attached hydrogen (secondary N) is 1. The summed E-state index contributed by atoms with van der Waals surface area (Å²) in [6.07, 6.45) is 3.81. The van der Waals surface area contributed by atoms with Crippen LogP contribution in [0.4, 0.5) is 0 Å². The number of hydrogen-bond acceptors (Lipinski definition) is 3. The topological polar surface area (TPSA) is 42.7 Å². The average Bonchev–Trinajstić information content (AvgIpc) is 2.72. The number of nitrogens with zero attached hydrogens (tertiary/aromatic N) is 3. The molecule has 0 aliphatic carbocycles. The van der Waals surface area contributed by atoms with Gasteiger partial charge in [0.1, 0.15) is 5.82 Å². The Hall–Kier alpha value is -1.68. The molecule has 0 unspecified atom stereocenters. The van der Waals surface area contributed by atoms with Crippen molar-refractivity contribution in [2.24, 2.45) is 0 Å². The van der Waals surface area contributed by atoms with Crippen LogP contribution in [0.5, 0.6) is 0 Å². The maximum Gasteiger partial charge on any atom is 0.123 e. The summed E-state index contributed by atoms with van der Waals surface area (Å²) in [4.78, 5) is 8.66. The Morgan fingerprint density at radius 1 is 1.38 bits per heavy atom. The SMILES string of the molecule is Cc1cc(-c2cnc3n2CCNC3)ccn1. The molecule has 0 spiro atoms. The van der Waals surface area contributed by atoms with Gasteiger partial charge in [-0.25, -0.2) is 4.98 Å². The Labute approximate surface area is 94.4 Å².